The van der Waals surface area contributed by atoms with Crippen LogP contribution in [-0.4, -0.2) is 41.5 Å². The van der Waals surface area contributed by atoms with Crippen molar-refractivity contribution in [3.63, 3.8) is 0 Å². The van der Waals surface area contributed by atoms with E-state index in [0.717, 1.165) is 6.54 Å². The van der Waals surface area contributed by atoms with E-state index in [2.05, 4.69) is 48.1 Å². The summed E-state index contributed by atoms with van der Waals surface area (Å²) in [6.07, 6.45) is 1.66. The fraction of sp³-hybridized carbons (Fsp3) is 0.636. The van der Waals surface area contributed by atoms with Gasteiger partial charge in [-0.2, -0.15) is 4.98 Å². The van der Waals surface area contributed by atoms with Gasteiger partial charge in [0.25, 0.3) is 0 Å². The summed E-state index contributed by atoms with van der Waals surface area (Å²) in [4.78, 5) is 10.4. The number of likely N-dealkylation sites (N-methyl/N-ethyl adjacent to an activating group) is 1. The molecular weight excluding hydrogens is 202 g/mol. The minimum atomic E-state index is 0.316. The topological polar surface area (TPSA) is 67.1 Å². The number of anilines is 2. The van der Waals surface area contributed by atoms with Crippen molar-refractivity contribution in [2.45, 2.75) is 19.9 Å². The molecule has 0 fully saturated rings. The molecule has 3 N–H and O–H groups in total. The Bertz CT molecular complexity index is 324. The van der Waals surface area contributed by atoms with Gasteiger partial charge in [-0.15, -0.1) is 0 Å². The molecule has 90 valence electrons. The first-order chi connectivity index (χ1) is 7.49. The Labute approximate surface area is 97.1 Å². The number of nitrogens with two attached hydrogens (primary N) is 1. The van der Waals surface area contributed by atoms with E-state index in [-0.39, 0.29) is 0 Å². The molecule has 0 saturated heterocycles. The largest absolute Gasteiger partial charge is 0.384 e. The highest BCUT2D eigenvalue weighted by atomic mass is 15.2. The Kier molecular flexibility index (Phi) is 4.49. The van der Waals surface area contributed by atoms with Gasteiger partial charge in [0.05, 0.1) is 0 Å². The summed E-state index contributed by atoms with van der Waals surface area (Å²) in [5, 5.41) is 3.31. The lowest BCUT2D eigenvalue weighted by molar-refractivity contribution is 0.343. The van der Waals surface area contributed by atoms with Gasteiger partial charge in [-0.05, 0) is 26.1 Å². The fourth-order valence-electron chi connectivity index (χ4n) is 1.42. The van der Waals surface area contributed by atoms with Crippen molar-refractivity contribution in [3.8, 4) is 0 Å². The van der Waals surface area contributed by atoms with Crippen LogP contribution in [0.15, 0.2) is 12.3 Å². The van der Waals surface area contributed by atoms with E-state index in [9.17, 15) is 0 Å². The lowest BCUT2D eigenvalue weighted by Crippen LogP contribution is -2.37. The lowest BCUT2D eigenvalue weighted by Gasteiger charge is -2.25. The Morgan fingerprint density at radius 2 is 2.12 bits per heavy atom. The summed E-state index contributed by atoms with van der Waals surface area (Å²) in [5.74, 6) is 1.60. The van der Waals surface area contributed by atoms with E-state index in [0.29, 0.717) is 23.7 Å². The molecule has 1 rings (SSSR count). The highest BCUT2D eigenvalue weighted by Crippen LogP contribution is 2.10. The third kappa shape index (κ3) is 4.02. The number of aromatic nitrogens is 2. The summed E-state index contributed by atoms with van der Waals surface area (Å²) >= 11 is 0. The summed E-state index contributed by atoms with van der Waals surface area (Å²) in [6, 6.07) is 2.00. The van der Waals surface area contributed by atoms with Gasteiger partial charge in [0.1, 0.15) is 5.82 Å². The number of hydrogen-bond donors (Lipinski definition) is 2. The number of hydrogen-bond acceptors (Lipinski definition) is 5. The predicted molar refractivity (Wildman–Crippen MR) is 67.2 cm³/mol. The van der Waals surface area contributed by atoms with Crippen LogP contribution in [0.4, 0.5) is 11.8 Å². The summed E-state index contributed by atoms with van der Waals surface area (Å²) in [7, 11) is 4.11. The first kappa shape index (κ1) is 12.7. The second kappa shape index (κ2) is 5.65. The SMILES string of the molecule is CC(C)C(CN(C)C)Nc1nccc(N)n1. The smallest absolute Gasteiger partial charge is 0.224 e. The van der Waals surface area contributed by atoms with Gasteiger partial charge in [-0.3, -0.25) is 0 Å². The molecule has 0 aromatic carbocycles. The Hall–Kier alpha value is -1.36. The van der Waals surface area contributed by atoms with Gasteiger partial charge in [-0.25, -0.2) is 4.98 Å². The molecule has 0 amide bonds. The molecule has 0 radical (unpaired) electrons. The van der Waals surface area contributed by atoms with E-state index < -0.39 is 0 Å². The van der Waals surface area contributed by atoms with Crippen molar-refractivity contribution in [1.29, 1.82) is 0 Å². The van der Waals surface area contributed by atoms with Gasteiger partial charge >= 0.3 is 0 Å². The molecule has 1 heterocycles. The predicted octanol–water partition coefficient (Wildman–Crippen LogP) is 1.06. The van der Waals surface area contributed by atoms with Gasteiger partial charge < -0.3 is 16.0 Å². The van der Waals surface area contributed by atoms with E-state index in [4.69, 9.17) is 5.73 Å². The van der Waals surface area contributed by atoms with Crippen LogP contribution in [-0.2, 0) is 0 Å². The molecule has 0 saturated carbocycles. The van der Waals surface area contributed by atoms with Crippen LogP contribution in [0.3, 0.4) is 0 Å². The van der Waals surface area contributed by atoms with Crippen LogP contribution in [0.25, 0.3) is 0 Å². The molecule has 1 aromatic rings. The molecule has 16 heavy (non-hydrogen) atoms. The molecule has 0 aliphatic rings. The van der Waals surface area contributed by atoms with Crippen molar-refractivity contribution < 1.29 is 0 Å². The molecule has 5 nitrogen and oxygen atoms in total. The normalized spacial score (nSPS) is 13.1. The van der Waals surface area contributed by atoms with Crippen molar-refractivity contribution in [3.05, 3.63) is 12.3 Å². The number of nitrogens with zero attached hydrogens (tertiary/aromatic N) is 3. The first-order valence-electron chi connectivity index (χ1n) is 5.49. The van der Waals surface area contributed by atoms with Gasteiger partial charge in [0.15, 0.2) is 0 Å². The van der Waals surface area contributed by atoms with Crippen LogP contribution in [0, 0.1) is 5.92 Å². The average molecular weight is 223 g/mol. The number of nitrogen functional groups attached to an aromatic ring is 1. The van der Waals surface area contributed by atoms with Gasteiger partial charge in [0, 0.05) is 18.8 Å². The van der Waals surface area contributed by atoms with Crippen molar-refractivity contribution >= 4 is 11.8 Å². The standard InChI is InChI=1S/C11H21N5/c1-8(2)9(7-16(3)4)14-11-13-6-5-10(12)15-11/h5-6,8-9H,7H2,1-4H3,(H3,12,13,14,15). The van der Waals surface area contributed by atoms with E-state index in [1.807, 2.05) is 0 Å². The monoisotopic (exact) mass is 223 g/mol. The maximum absolute atomic E-state index is 5.61. The summed E-state index contributed by atoms with van der Waals surface area (Å²) in [5.41, 5.74) is 5.61. The van der Waals surface area contributed by atoms with E-state index in [1.165, 1.54) is 0 Å². The second-order valence-electron chi connectivity index (χ2n) is 4.56. The first-order valence-corrected chi connectivity index (χ1v) is 5.49. The van der Waals surface area contributed by atoms with E-state index in [1.54, 1.807) is 12.3 Å². The molecule has 1 unspecified atom stereocenters. The summed E-state index contributed by atoms with van der Waals surface area (Å²) < 4.78 is 0. The second-order valence-corrected chi connectivity index (χ2v) is 4.56. The molecule has 1 aromatic heterocycles. The molecule has 5 heteroatoms. The summed E-state index contributed by atoms with van der Waals surface area (Å²) in [6.45, 7) is 5.29. The van der Waals surface area contributed by atoms with Crippen LogP contribution >= 0.6 is 0 Å². The zero-order valence-electron chi connectivity index (χ0n) is 10.4. The molecule has 0 spiro atoms. The average Bonchev–Trinajstić information content (AvgIpc) is 2.15. The molecular formula is C11H21N5. The Balaban J connectivity index is 2.68. The third-order valence-corrected chi connectivity index (χ3v) is 2.36. The lowest BCUT2D eigenvalue weighted by atomic mass is 10.0. The van der Waals surface area contributed by atoms with Crippen LogP contribution in [0.1, 0.15) is 13.8 Å². The van der Waals surface area contributed by atoms with Gasteiger partial charge in [0.2, 0.25) is 5.95 Å². The van der Waals surface area contributed by atoms with Gasteiger partial charge in [-0.1, -0.05) is 13.8 Å². The van der Waals surface area contributed by atoms with Crippen LogP contribution in [0.2, 0.25) is 0 Å². The molecule has 0 aliphatic heterocycles. The van der Waals surface area contributed by atoms with Crippen LogP contribution in [0.5, 0.6) is 0 Å². The Morgan fingerprint density at radius 1 is 1.44 bits per heavy atom. The zero-order valence-corrected chi connectivity index (χ0v) is 10.4. The zero-order chi connectivity index (χ0) is 12.1. The van der Waals surface area contributed by atoms with Crippen LogP contribution < -0.4 is 11.1 Å². The molecule has 0 bridgehead atoms. The van der Waals surface area contributed by atoms with E-state index >= 15 is 0 Å². The fourth-order valence-corrected chi connectivity index (χ4v) is 1.42. The number of nitrogens with one attached hydrogen (secondary N) is 1. The molecule has 0 aliphatic carbocycles. The Morgan fingerprint density at radius 3 is 2.62 bits per heavy atom. The minimum absolute atomic E-state index is 0.316. The van der Waals surface area contributed by atoms with Crippen molar-refractivity contribution in [2.75, 3.05) is 31.7 Å². The quantitative estimate of drug-likeness (QED) is 0.781. The molecule has 1 atom stereocenters. The highest BCUT2D eigenvalue weighted by molar-refractivity contribution is 5.35. The minimum Gasteiger partial charge on any atom is -0.384 e. The maximum Gasteiger partial charge on any atom is 0.224 e. The van der Waals surface area contributed by atoms with Crippen molar-refractivity contribution in [1.82, 2.24) is 14.9 Å². The third-order valence-electron chi connectivity index (χ3n) is 2.36. The maximum atomic E-state index is 5.61. The van der Waals surface area contributed by atoms with Crippen molar-refractivity contribution in [2.24, 2.45) is 5.92 Å². The number of rotatable bonds is 5. The highest BCUT2D eigenvalue weighted by Gasteiger charge is 2.15.